The van der Waals surface area contributed by atoms with Crippen LogP contribution >= 0.6 is 0 Å². The number of amides is 1. The number of carbonyl (C=O) groups is 1. The summed E-state index contributed by atoms with van der Waals surface area (Å²) in [6, 6.07) is 8.64. The summed E-state index contributed by atoms with van der Waals surface area (Å²) in [6.45, 7) is 1.97. The number of halogens is 2. The molecule has 3 aromatic rings. The first-order chi connectivity index (χ1) is 17.0. The average molecular weight is 487 g/mol. The number of hydrogen-bond donors (Lipinski definition) is 2. The number of morpholine rings is 1. The summed E-state index contributed by atoms with van der Waals surface area (Å²) < 4.78 is 40.1. The number of nitrogens with one attached hydrogen (secondary N) is 2. The van der Waals surface area contributed by atoms with E-state index in [2.05, 4.69) is 25.7 Å². The van der Waals surface area contributed by atoms with Gasteiger partial charge in [0.05, 0.1) is 49.1 Å². The summed E-state index contributed by atoms with van der Waals surface area (Å²) in [6.07, 6.45) is 2.79. The van der Waals surface area contributed by atoms with Crippen LogP contribution in [0.3, 0.4) is 0 Å². The second-order valence-electron chi connectivity index (χ2n) is 9.05. The Bertz CT molecular complexity index is 1140. The summed E-state index contributed by atoms with van der Waals surface area (Å²) in [5, 5.41) is 10.6. The Morgan fingerprint density at radius 3 is 2.80 bits per heavy atom. The van der Waals surface area contributed by atoms with E-state index in [-0.39, 0.29) is 44.2 Å². The van der Waals surface area contributed by atoms with E-state index >= 15 is 0 Å². The first-order valence-corrected chi connectivity index (χ1v) is 11.9. The molecule has 0 spiro atoms. The molecule has 1 aliphatic carbocycles. The van der Waals surface area contributed by atoms with Gasteiger partial charge in [-0.3, -0.25) is 0 Å². The molecule has 35 heavy (non-hydrogen) atoms. The van der Waals surface area contributed by atoms with Crippen LogP contribution in [0.5, 0.6) is 0 Å². The Morgan fingerprint density at radius 2 is 2.06 bits per heavy atom. The summed E-state index contributed by atoms with van der Waals surface area (Å²) in [5.41, 5.74) is 2.07. The van der Waals surface area contributed by atoms with Crippen molar-refractivity contribution in [3.05, 3.63) is 59.7 Å². The summed E-state index contributed by atoms with van der Waals surface area (Å²) in [5.74, 6) is -2.52. The second kappa shape index (κ2) is 10.2. The molecule has 1 saturated heterocycles. The van der Waals surface area contributed by atoms with Gasteiger partial charge in [-0.25, -0.2) is 28.1 Å². The highest BCUT2D eigenvalue weighted by molar-refractivity contribution is 5.68. The molecule has 2 aliphatic rings. The molecule has 1 saturated carbocycles. The van der Waals surface area contributed by atoms with Crippen molar-refractivity contribution in [2.45, 2.75) is 50.3 Å². The SMILES string of the molecule is O=C(N[C@H](c1cn2ncc(C3COCCN3)nc2n1)C1CCC(F)(F)CC1)OCc1ccccc1. The van der Waals surface area contributed by atoms with Crippen LogP contribution < -0.4 is 10.6 Å². The number of carbonyl (C=O) groups excluding carboxylic acids is 1. The van der Waals surface area contributed by atoms with E-state index in [1.54, 1.807) is 12.4 Å². The predicted octanol–water partition coefficient (Wildman–Crippen LogP) is 3.58. The molecule has 11 heteroatoms. The molecule has 9 nitrogen and oxygen atoms in total. The Labute approximate surface area is 201 Å². The van der Waals surface area contributed by atoms with Gasteiger partial charge in [-0.05, 0) is 24.3 Å². The Morgan fingerprint density at radius 1 is 1.26 bits per heavy atom. The molecule has 3 heterocycles. The first kappa shape index (κ1) is 23.6. The largest absolute Gasteiger partial charge is 0.445 e. The highest BCUT2D eigenvalue weighted by Gasteiger charge is 2.39. The number of ether oxygens (including phenoxy) is 2. The molecule has 2 atom stereocenters. The first-order valence-electron chi connectivity index (χ1n) is 11.9. The van der Waals surface area contributed by atoms with E-state index < -0.39 is 18.1 Å². The number of hydrogen-bond acceptors (Lipinski definition) is 7. The van der Waals surface area contributed by atoms with E-state index in [1.165, 1.54) is 4.52 Å². The highest BCUT2D eigenvalue weighted by atomic mass is 19.3. The number of nitrogens with zero attached hydrogens (tertiary/aromatic N) is 4. The van der Waals surface area contributed by atoms with Gasteiger partial charge in [0.1, 0.15) is 6.61 Å². The fraction of sp³-hybridized carbons (Fsp3) is 0.500. The predicted molar refractivity (Wildman–Crippen MR) is 122 cm³/mol. The van der Waals surface area contributed by atoms with Crippen molar-refractivity contribution in [2.24, 2.45) is 5.92 Å². The maximum absolute atomic E-state index is 13.8. The van der Waals surface area contributed by atoms with Crippen LogP contribution in [0.15, 0.2) is 42.7 Å². The van der Waals surface area contributed by atoms with E-state index in [0.717, 1.165) is 12.1 Å². The number of rotatable bonds is 6. The Hall–Kier alpha value is -3.18. The fourth-order valence-electron chi connectivity index (χ4n) is 4.60. The van der Waals surface area contributed by atoms with Crippen LogP contribution in [0.4, 0.5) is 13.6 Å². The Kier molecular flexibility index (Phi) is 6.87. The lowest BCUT2D eigenvalue weighted by Crippen LogP contribution is -2.37. The van der Waals surface area contributed by atoms with Crippen LogP contribution in [0.25, 0.3) is 5.78 Å². The van der Waals surface area contributed by atoms with Crippen molar-refractivity contribution >= 4 is 11.9 Å². The van der Waals surface area contributed by atoms with Crippen molar-refractivity contribution in [1.29, 1.82) is 0 Å². The fourth-order valence-corrected chi connectivity index (χ4v) is 4.60. The quantitative estimate of drug-likeness (QED) is 0.549. The average Bonchev–Trinajstić information content (AvgIpc) is 3.31. The van der Waals surface area contributed by atoms with Crippen LogP contribution in [0, 0.1) is 5.92 Å². The number of alkyl halides is 2. The van der Waals surface area contributed by atoms with Gasteiger partial charge < -0.3 is 20.1 Å². The third kappa shape index (κ3) is 5.73. The maximum Gasteiger partial charge on any atom is 0.408 e. The van der Waals surface area contributed by atoms with E-state index in [4.69, 9.17) is 9.47 Å². The summed E-state index contributed by atoms with van der Waals surface area (Å²) in [4.78, 5) is 21.9. The second-order valence-corrected chi connectivity index (χ2v) is 9.05. The number of alkyl carbamates (subject to hydrolysis) is 1. The van der Waals surface area contributed by atoms with Gasteiger partial charge in [-0.1, -0.05) is 30.3 Å². The normalized spacial score (nSPS) is 21.5. The molecule has 1 amide bonds. The monoisotopic (exact) mass is 486 g/mol. The number of aromatic nitrogens is 4. The van der Waals surface area contributed by atoms with E-state index in [1.807, 2.05) is 30.3 Å². The van der Waals surface area contributed by atoms with Crippen molar-refractivity contribution < 1.29 is 23.0 Å². The molecule has 2 fully saturated rings. The zero-order chi connectivity index (χ0) is 24.3. The van der Waals surface area contributed by atoms with Crippen molar-refractivity contribution in [3.63, 3.8) is 0 Å². The van der Waals surface area contributed by atoms with Gasteiger partial charge in [0, 0.05) is 19.4 Å². The van der Waals surface area contributed by atoms with Crippen LogP contribution in [-0.2, 0) is 16.1 Å². The minimum absolute atomic E-state index is 0.0798. The lowest BCUT2D eigenvalue weighted by molar-refractivity contribution is -0.0497. The van der Waals surface area contributed by atoms with Gasteiger partial charge in [-0.2, -0.15) is 5.10 Å². The van der Waals surface area contributed by atoms with Gasteiger partial charge in [0.25, 0.3) is 5.78 Å². The smallest absolute Gasteiger partial charge is 0.408 e. The minimum atomic E-state index is -2.68. The zero-order valence-corrected chi connectivity index (χ0v) is 19.2. The molecule has 2 N–H and O–H groups in total. The number of benzene rings is 1. The zero-order valence-electron chi connectivity index (χ0n) is 19.2. The molecule has 1 aromatic carbocycles. The standard InChI is InChI=1S/C24H28F2N6O3/c25-24(26)8-6-17(7-9-24)21(31-23(33)35-14-16-4-2-1-3-5-16)19-13-32-22(30-19)29-18(12-28-32)20-15-34-11-10-27-20/h1-5,12-13,17,20-21,27H,6-11,14-15H2,(H,31,33)/t20?,21-/m0/s1. The molecule has 1 unspecified atom stereocenters. The van der Waals surface area contributed by atoms with Crippen LogP contribution in [0.1, 0.15) is 54.7 Å². The van der Waals surface area contributed by atoms with Gasteiger partial charge in [0.15, 0.2) is 0 Å². The minimum Gasteiger partial charge on any atom is -0.445 e. The topological polar surface area (TPSA) is 103 Å². The number of imidazole rings is 1. The molecular formula is C24H28F2N6O3. The third-order valence-electron chi connectivity index (χ3n) is 6.55. The third-order valence-corrected chi connectivity index (χ3v) is 6.55. The van der Waals surface area contributed by atoms with E-state index in [0.29, 0.717) is 30.4 Å². The molecule has 2 aromatic heterocycles. The molecule has 1 aliphatic heterocycles. The highest BCUT2D eigenvalue weighted by Crippen LogP contribution is 2.41. The van der Waals surface area contributed by atoms with Crippen molar-refractivity contribution in [3.8, 4) is 0 Å². The van der Waals surface area contributed by atoms with E-state index in [9.17, 15) is 13.6 Å². The molecule has 5 rings (SSSR count). The molecular weight excluding hydrogens is 458 g/mol. The lowest BCUT2D eigenvalue weighted by Gasteiger charge is -2.33. The molecule has 186 valence electrons. The van der Waals surface area contributed by atoms with Gasteiger partial charge in [0.2, 0.25) is 5.92 Å². The van der Waals surface area contributed by atoms with Gasteiger partial charge >= 0.3 is 6.09 Å². The maximum atomic E-state index is 13.8. The van der Waals surface area contributed by atoms with Crippen LogP contribution in [0.2, 0.25) is 0 Å². The lowest BCUT2D eigenvalue weighted by atomic mass is 9.81. The molecule has 0 bridgehead atoms. The van der Waals surface area contributed by atoms with Crippen LogP contribution in [-0.4, -0.2) is 51.4 Å². The van der Waals surface area contributed by atoms with Crippen molar-refractivity contribution in [2.75, 3.05) is 19.8 Å². The summed E-state index contributed by atoms with van der Waals surface area (Å²) >= 11 is 0. The molecule has 0 radical (unpaired) electrons. The van der Waals surface area contributed by atoms with Gasteiger partial charge in [-0.15, -0.1) is 0 Å². The Balaban J connectivity index is 1.35. The van der Waals surface area contributed by atoms with Crippen molar-refractivity contribution in [1.82, 2.24) is 30.2 Å². The number of fused-ring (bicyclic) bond motifs is 1. The summed E-state index contributed by atoms with van der Waals surface area (Å²) in [7, 11) is 0.